The molecule has 34 heavy (non-hydrogen) atoms. The number of furan rings is 1. The van der Waals surface area contributed by atoms with Crippen LogP contribution in [0.5, 0.6) is 0 Å². The molecule has 2 N–H and O–H groups in total. The average Bonchev–Trinajstić information content (AvgIpc) is 3.26. The maximum atomic E-state index is 12.7. The largest absolute Gasteiger partial charge is 0.455 e. The highest BCUT2D eigenvalue weighted by Gasteiger charge is 2.28. The van der Waals surface area contributed by atoms with E-state index in [1.165, 1.54) is 30.5 Å². The lowest BCUT2D eigenvalue weighted by atomic mass is 10.1. The van der Waals surface area contributed by atoms with E-state index in [9.17, 15) is 23.3 Å². The number of non-ortho nitro benzene ring substituents is 1. The van der Waals surface area contributed by atoms with Gasteiger partial charge in [-0.05, 0) is 49.2 Å². The van der Waals surface area contributed by atoms with Crippen LogP contribution in [-0.2, 0) is 14.8 Å². The van der Waals surface area contributed by atoms with Crippen molar-refractivity contribution in [3.05, 3.63) is 82.1 Å². The number of sulfonamides is 1. The van der Waals surface area contributed by atoms with Gasteiger partial charge in [-0.3, -0.25) is 14.9 Å². The van der Waals surface area contributed by atoms with Gasteiger partial charge in [0.1, 0.15) is 17.6 Å². The van der Waals surface area contributed by atoms with Gasteiger partial charge in [-0.25, -0.2) is 13.8 Å². The molecule has 1 heterocycles. The van der Waals surface area contributed by atoms with Crippen molar-refractivity contribution < 1.29 is 22.6 Å². The molecule has 1 aromatic heterocycles. The van der Waals surface area contributed by atoms with E-state index in [0.717, 1.165) is 5.56 Å². The third-order valence-electron chi connectivity index (χ3n) is 4.92. The molecular weight excluding hydrogens is 460 g/mol. The van der Waals surface area contributed by atoms with Crippen LogP contribution in [0.15, 0.2) is 75.1 Å². The molecule has 0 bridgehead atoms. The van der Waals surface area contributed by atoms with Crippen LogP contribution in [0, 0.1) is 23.0 Å². The highest BCUT2D eigenvalue weighted by Crippen LogP contribution is 2.24. The fraction of sp³-hybridized carbons (Fsp3) is 0.217. The Bertz CT molecular complexity index is 1300. The van der Waals surface area contributed by atoms with Gasteiger partial charge in [0.05, 0.1) is 16.0 Å². The zero-order valence-electron chi connectivity index (χ0n) is 18.8. The minimum atomic E-state index is -3.90. The fourth-order valence-corrected chi connectivity index (χ4v) is 4.34. The molecule has 1 atom stereocenters. The molecule has 0 saturated carbocycles. The second kappa shape index (κ2) is 10.4. The van der Waals surface area contributed by atoms with Crippen LogP contribution in [0.2, 0.25) is 0 Å². The first-order chi connectivity index (χ1) is 16.1. The lowest BCUT2D eigenvalue weighted by Crippen LogP contribution is -2.48. The summed E-state index contributed by atoms with van der Waals surface area (Å²) in [5, 5.41) is 14.6. The van der Waals surface area contributed by atoms with Crippen molar-refractivity contribution in [1.29, 1.82) is 0 Å². The summed E-state index contributed by atoms with van der Waals surface area (Å²) in [7, 11) is -3.90. The maximum Gasteiger partial charge on any atom is 0.269 e. The summed E-state index contributed by atoms with van der Waals surface area (Å²) in [6.45, 7) is 5.28. The van der Waals surface area contributed by atoms with Gasteiger partial charge in [0, 0.05) is 17.7 Å². The van der Waals surface area contributed by atoms with Gasteiger partial charge in [-0.15, -0.1) is 0 Å². The molecule has 0 fully saturated rings. The predicted molar refractivity (Wildman–Crippen MR) is 127 cm³/mol. The Kier molecular flexibility index (Phi) is 7.59. The van der Waals surface area contributed by atoms with Crippen molar-refractivity contribution in [2.75, 3.05) is 0 Å². The predicted octanol–water partition coefficient (Wildman–Crippen LogP) is 3.62. The zero-order valence-corrected chi connectivity index (χ0v) is 19.6. The molecule has 0 radical (unpaired) electrons. The minimum absolute atomic E-state index is 0.0301. The van der Waals surface area contributed by atoms with Gasteiger partial charge in [-0.2, -0.15) is 9.82 Å². The van der Waals surface area contributed by atoms with Crippen molar-refractivity contribution in [1.82, 2.24) is 10.1 Å². The summed E-state index contributed by atoms with van der Waals surface area (Å²) in [5.74, 6) is -0.166. The SMILES string of the molecule is Cc1ccc(S(=O)(=O)N[C@H](C(=O)N/N=C\c2ccc(-c3ccc([N+](=O)[O-])cc3)o2)C(C)C)cc1. The van der Waals surface area contributed by atoms with Crippen LogP contribution < -0.4 is 10.1 Å². The Hall–Kier alpha value is -3.83. The van der Waals surface area contributed by atoms with Gasteiger partial charge in [0.25, 0.3) is 11.6 Å². The van der Waals surface area contributed by atoms with E-state index >= 15 is 0 Å². The molecule has 0 spiro atoms. The Morgan fingerprint density at radius 3 is 2.29 bits per heavy atom. The van der Waals surface area contributed by atoms with E-state index in [1.54, 1.807) is 50.2 Å². The average molecular weight is 485 g/mol. The number of nitro benzene ring substituents is 1. The van der Waals surface area contributed by atoms with Crippen LogP contribution in [0.3, 0.4) is 0 Å². The lowest BCUT2D eigenvalue weighted by molar-refractivity contribution is -0.384. The van der Waals surface area contributed by atoms with Gasteiger partial charge in [0.15, 0.2) is 0 Å². The summed E-state index contributed by atoms with van der Waals surface area (Å²) < 4.78 is 33.4. The highest BCUT2D eigenvalue weighted by atomic mass is 32.2. The van der Waals surface area contributed by atoms with Crippen molar-refractivity contribution in [3.63, 3.8) is 0 Å². The number of rotatable bonds is 9. The molecule has 0 aliphatic carbocycles. The first-order valence-corrected chi connectivity index (χ1v) is 11.8. The molecule has 0 aliphatic rings. The van der Waals surface area contributed by atoms with Gasteiger partial charge >= 0.3 is 0 Å². The van der Waals surface area contributed by atoms with E-state index < -0.39 is 26.9 Å². The number of carbonyl (C=O) groups is 1. The van der Waals surface area contributed by atoms with Crippen molar-refractivity contribution >= 4 is 27.8 Å². The summed E-state index contributed by atoms with van der Waals surface area (Å²) in [6.07, 6.45) is 1.28. The van der Waals surface area contributed by atoms with Gasteiger partial charge < -0.3 is 4.42 Å². The quantitative estimate of drug-likeness (QED) is 0.270. The topological polar surface area (TPSA) is 144 Å². The Morgan fingerprint density at radius 2 is 1.71 bits per heavy atom. The molecule has 10 nitrogen and oxygen atoms in total. The first kappa shape index (κ1) is 24.8. The summed E-state index contributed by atoms with van der Waals surface area (Å²) >= 11 is 0. The van der Waals surface area contributed by atoms with Crippen LogP contribution in [0.4, 0.5) is 5.69 Å². The smallest absolute Gasteiger partial charge is 0.269 e. The monoisotopic (exact) mass is 484 g/mol. The number of nitrogens with one attached hydrogen (secondary N) is 2. The van der Waals surface area contributed by atoms with E-state index in [1.807, 2.05) is 6.92 Å². The number of amides is 1. The summed E-state index contributed by atoms with van der Waals surface area (Å²) in [6, 6.07) is 14.4. The first-order valence-electron chi connectivity index (χ1n) is 10.3. The molecule has 2 aromatic carbocycles. The molecule has 0 unspecified atom stereocenters. The standard InChI is InChI=1S/C23H24N4O6S/c1-15(2)22(26-34(31,32)20-11-4-16(3)5-12-20)23(28)25-24-14-19-10-13-21(33-19)17-6-8-18(9-7-17)27(29)30/h4-15,22,26H,1-3H3,(H,25,28)/b24-14-/t22-/m0/s1. The number of benzene rings is 2. The number of aryl methyl sites for hydroxylation is 1. The number of carbonyl (C=O) groups excluding carboxylic acids is 1. The van der Waals surface area contributed by atoms with E-state index in [-0.39, 0.29) is 16.5 Å². The summed E-state index contributed by atoms with van der Waals surface area (Å²) in [4.78, 5) is 23.0. The van der Waals surface area contributed by atoms with Crippen LogP contribution in [-0.4, -0.2) is 31.5 Å². The highest BCUT2D eigenvalue weighted by molar-refractivity contribution is 7.89. The lowest BCUT2D eigenvalue weighted by Gasteiger charge is -2.20. The zero-order chi connectivity index (χ0) is 24.9. The van der Waals surface area contributed by atoms with E-state index in [4.69, 9.17) is 4.42 Å². The van der Waals surface area contributed by atoms with E-state index in [2.05, 4.69) is 15.2 Å². The normalized spacial score (nSPS) is 12.7. The molecule has 1 amide bonds. The van der Waals surface area contributed by atoms with Gasteiger partial charge in [0.2, 0.25) is 10.0 Å². The Balaban J connectivity index is 1.65. The van der Waals surface area contributed by atoms with Crippen molar-refractivity contribution in [2.24, 2.45) is 11.0 Å². The summed E-state index contributed by atoms with van der Waals surface area (Å²) in [5.41, 5.74) is 3.86. The molecule has 3 rings (SSSR count). The van der Waals surface area contributed by atoms with E-state index in [0.29, 0.717) is 17.1 Å². The maximum absolute atomic E-state index is 12.7. The van der Waals surface area contributed by atoms with Gasteiger partial charge in [-0.1, -0.05) is 31.5 Å². The number of hydrogen-bond donors (Lipinski definition) is 2. The molecule has 0 aliphatic heterocycles. The number of hydrazone groups is 1. The van der Waals surface area contributed by atoms with Crippen LogP contribution in [0.25, 0.3) is 11.3 Å². The third kappa shape index (κ3) is 6.15. The molecule has 11 heteroatoms. The molecule has 3 aromatic rings. The number of nitrogens with zero attached hydrogens (tertiary/aromatic N) is 2. The molecular formula is C23H24N4O6S. The Morgan fingerprint density at radius 1 is 1.06 bits per heavy atom. The number of nitro groups is 1. The second-order valence-corrected chi connectivity index (χ2v) is 9.61. The fourth-order valence-electron chi connectivity index (χ4n) is 3.00. The molecule has 0 saturated heterocycles. The second-order valence-electron chi connectivity index (χ2n) is 7.90. The van der Waals surface area contributed by atoms with Crippen molar-refractivity contribution in [3.8, 4) is 11.3 Å². The third-order valence-corrected chi connectivity index (χ3v) is 6.38. The molecule has 178 valence electrons. The number of hydrogen-bond acceptors (Lipinski definition) is 7. The van der Waals surface area contributed by atoms with Crippen LogP contribution in [0.1, 0.15) is 25.2 Å². The minimum Gasteiger partial charge on any atom is -0.455 e. The van der Waals surface area contributed by atoms with Crippen molar-refractivity contribution in [2.45, 2.75) is 31.7 Å². The van der Waals surface area contributed by atoms with Crippen LogP contribution >= 0.6 is 0 Å². The Labute approximate surface area is 196 Å².